The molecule has 9 heavy (non-hydrogen) atoms. The molecule has 0 aromatic rings. The number of nitrogens with zero attached hydrogens (tertiary/aromatic N) is 2. The minimum atomic E-state index is -0.561. The number of nitriles is 1. The average molecular weight is 126 g/mol. The Morgan fingerprint density at radius 1 is 1.78 bits per heavy atom. The molecule has 0 amide bonds. The Morgan fingerprint density at radius 3 is 2.67 bits per heavy atom. The van der Waals surface area contributed by atoms with Gasteiger partial charge in [-0.1, -0.05) is 0 Å². The number of rotatable bonds is 0. The first-order chi connectivity index (χ1) is 4.16. The molecule has 1 aliphatic rings. The van der Waals surface area contributed by atoms with E-state index in [1.54, 1.807) is 12.0 Å². The highest BCUT2D eigenvalue weighted by atomic mass is 16.7. The Balaban J connectivity index is 2.58. The molecule has 0 aromatic heterocycles. The fourth-order valence-corrected chi connectivity index (χ4v) is 0.882. The molecule has 1 unspecified atom stereocenters. The minimum absolute atomic E-state index is 0.561. The Morgan fingerprint density at radius 2 is 2.44 bits per heavy atom. The molecule has 0 aliphatic carbocycles. The van der Waals surface area contributed by atoms with Crippen molar-refractivity contribution < 1.29 is 4.84 Å². The van der Waals surface area contributed by atoms with Gasteiger partial charge in [0.1, 0.15) is 0 Å². The van der Waals surface area contributed by atoms with Crippen molar-refractivity contribution in [2.75, 3.05) is 13.6 Å². The van der Waals surface area contributed by atoms with Crippen LogP contribution in [0, 0.1) is 11.3 Å². The van der Waals surface area contributed by atoms with Gasteiger partial charge in [0.25, 0.3) is 0 Å². The summed E-state index contributed by atoms with van der Waals surface area (Å²) in [7, 11) is 1.84. The van der Waals surface area contributed by atoms with Gasteiger partial charge in [0.15, 0.2) is 5.60 Å². The van der Waals surface area contributed by atoms with Gasteiger partial charge in [0.2, 0.25) is 0 Å². The lowest BCUT2D eigenvalue weighted by Crippen LogP contribution is -2.23. The molecule has 1 aliphatic heterocycles. The highest BCUT2D eigenvalue weighted by Gasteiger charge is 2.33. The predicted octanol–water partition coefficient (Wildman–Crippen LogP) is 0.536. The monoisotopic (exact) mass is 126 g/mol. The quantitative estimate of drug-likeness (QED) is 0.475. The minimum Gasteiger partial charge on any atom is -0.278 e. The van der Waals surface area contributed by atoms with Crippen molar-refractivity contribution in [3.8, 4) is 6.07 Å². The molecule has 1 fully saturated rings. The summed E-state index contributed by atoms with van der Waals surface area (Å²) in [6.45, 7) is 2.65. The fourth-order valence-electron chi connectivity index (χ4n) is 0.882. The van der Waals surface area contributed by atoms with E-state index in [1.807, 2.05) is 7.05 Å². The summed E-state index contributed by atoms with van der Waals surface area (Å²) >= 11 is 0. The molecular weight excluding hydrogens is 116 g/mol. The maximum Gasteiger partial charge on any atom is 0.174 e. The average Bonchev–Trinajstić information content (AvgIpc) is 2.13. The molecule has 3 heteroatoms. The largest absolute Gasteiger partial charge is 0.278 e. The van der Waals surface area contributed by atoms with E-state index in [2.05, 4.69) is 6.07 Å². The van der Waals surface area contributed by atoms with Gasteiger partial charge >= 0.3 is 0 Å². The van der Waals surface area contributed by atoms with E-state index in [1.165, 1.54) is 0 Å². The van der Waals surface area contributed by atoms with Crippen LogP contribution in [0.1, 0.15) is 13.3 Å². The van der Waals surface area contributed by atoms with Gasteiger partial charge < -0.3 is 0 Å². The number of hydrogen-bond donors (Lipinski definition) is 0. The van der Waals surface area contributed by atoms with Gasteiger partial charge in [-0.15, -0.1) is 0 Å². The number of hydrogen-bond acceptors (Lipinski definition) is 3. The Hall–Kier alpha value is -0.590. The van der Waals surface area contributed by atoms with E-state index in [0.717, 1.165) is 13.0 Å². The van der Waals surface area contributed by atoms with Crippen molar-refractivity contribution in [1.82, 2.24) is 5.06 Å². The zero-order valence-electron chi connectivity index (χ0n) is 5.72. The molecule has 1 rings (SSSR count). The van der Waals surface area contributed by atoms with E-state index in [9.17, 15) is 0 Å². The van der Waals surface area contributed by atoms with Gasteiger partial charge in [0.05, 0.1) is 6.07 Å². The maximum atomic E-state index is 8.54. The lowest BCUT2D eigenvalue weighted by Gasteiger charge is -2.13. The van der Waals surface area contributed by atoms with Gasteiger partial charge in [-0.3, -0.25) is 4.84 Å². The van der Waals surface area contributed by atoms with Gasteiger partial charge in [-0.2, -0.15) is 10.3 Å². The Kier molecular flexibility index (Phi) is 1.43. The third-order valence-corrected chi connectivity index (χ3v) is 1.50. The normalized spacial score (nSPS) is 36.6. The smallest absolute Gasteiger partial charge is 0.174 e. The summed E-state index contributed by atoms with van der Waals surface area (Å²) in [6, 6.07) is 2.11. The fraction of sp³-hybridized carbons (Fsp3) is 0.833. The van der Waals surface area contributed by atoms with E-state index in [4.69, 9.17) is 10.1 Å². The first-order valence-corrected chi connectivity index (χ1v) is 2.98. The van der Waals surface area contributed by atoms with Crippen LogP contribution in [-0.2, 0) is 4.84 Å². The zero-order chi connectivity index (χ0) is 6.91. The van der Waals surface area contributed by atoms with E-state index >= 15 is 0 Å². The molecule has 0 N–H and O–H groups in total. The summed E-state index contributed by atoms with van der Waals surface area (Å²) < 4.78 is 0. The van der Waals surface area contributed by atoms with Crippen LogP contribution >= 0.6 is 0 Å². The Bertz CT molecular complexity index is 152. The van der Waals surface area contributed by atoms with E-state index in [0.29, 0.717) is 0 Å². The summed E-state index contributed by atoms with van der Waals surface area (Å²) in [5.74, 6) is 0. The van der Waals surface area contributed by atoms with Crippen LogP contribution < -0.4 is 0 Å². The summed E-state index contributed by atoms with van der Waals surface area (Å²) in [5.41, 5.74) is -0.561. The summed E-state index contributed by atoms with van der Waals surface area (Å²) in [5, 5.41) is 10.2. The molecule has 0 spiro atoms. The second-order valence-corrected chi connectivity index (χ2v) is 2.54. The summed E-state index contributed by atoms with van der Waals surface area (Å²) in [4.78, 5) is 5.17. The molecule has 50 valence electrons. The van der Waals surface area contributed by atoms with Crippen LogP contribution in [0.2, 0.25) is 0 Å². The topological polar surface area (TPSA) is 36.3 Å². The van der Waals surface area contributed by atoms with Crippen molar-refractivity contribution >= 4 is 0 Å². The first-order valence-electron chi connectivity index (χ1n) is 2.98. The van der Waals surface area contributed by atoms with Crippen LogP contribution in [0.3, 0.4) is 0 Å². The predicted molar refractivity (Wildman–Crippen MR) is 32.3 cm³/mol. The second-order valence-electron chi connectivity index (χ2n) is 2.54. The third-order valence-electron chi connectivity index (χ3n) is 1.50. The van der Waals surface area contributed by atoms with Crippen LogP contribution in [0.5, 0.6) is 0 Å². The van der Waals surface area contributed by atoms with Gasteiger partial charge in [0, 0.05) is 20.0 Å². The molecule has 3 nitrogen and oxygen atoms in total. The molecule has 1 atom stereocenters. The SMILES string of the molecule is CN1CCC(C)(C#N)O1. The van der Waals surface area contributed by atoms with Crippen LogP contribution in [-0.4, -0.2) is 24.3 Å². The van der Waals surface area contributed by atoms with Crippen molar-refractivity contribution in [2.24, 2.45) is 0 Å². The summed E-state index contributed by atoms with van der Waals surface area (Å²) in [6.07, 6.45) is 0.806. The molecule has 1 saturated heterocycles. The van der Waals surface area contributed by atoms with Crippen LogP contribution in [0.15, 0.2) is 0 Å². The lowest BCUT2D eigenvalue weighted by atomic mass is 10.1. The molecule has 0 aromatic carbocycles. The van der Waals surface area contributed by atoms with Crippen LogP contribution in [0.4, 0.5) is 0 Å². The lowest BCUT2D eigenvalue weighted by molar-refractivity contribution is -0.148. The second kappa shape index (κ2) is 1.98. The molecule has 0 saturated carbocycles. The number of hydroxylamine groups is 2. The van der Waals surface area contributed by atoms with Gasteiger partial charge in [-0.25, -0.2) is 0 Å². The molecule has 1 heterocycles. The van der Waals surface area contributed by atoms with Crippen molar-refractivity contribution in [3.63, 3.8) is 0 Å². The van der Waals surface area contributed by atoms with Crippen molar-refractivity contribution in [1.29, 1.82) is 5.26 Å². The first kappa shape index (κ1) is 6.53. The van der Waals surface area contributed by atoms with E-state index < -0.39 is 5.60 Å². The maximum absolute atomic E-state index is 8.54. The molecular formula is C6H10N2O. The third kappa shape index (κ3) is 1.21. The highest BCUT2D eigenvalue weighted by molar-refractivity contribution is 5.00. The highest BCUT2D eigenvalue weighted by Crippen LogP contribution is 2.22. The van der Waals surface area contributed by atoms with Crippen molar-refractivity contribution in [3.05, 3.63) is 0 Å². The van der Waals surface area contributed by atoms with Gasteiger partial charge in [-0.05, 0) is 6.92 Å². The molecule has 0 radical (unpaired) electrons. The Labute approximate surface area is 54.8 Å². The van der Waals surface area contributed by atoms with Crippen LogP contribution in [0.25, 0.3) is 0 Å². The zero-order valence-corrected chi connectivity index (χ0v) is 5.72. The van der Waals surface area contributed by atoms with E-state index in [-0.39, 0.29) is 0 Å². The molecule has 0 bridgehead atoms. The standard InChI is InChI=1S/C6H10N2O/c1-6(5-7)3-4-8(2)9-6/h3-4H2,1-2H3. The van der Waals surface area contributed by atoms with Crippen molar-refractivity contribution in [2.45, 2.75) is 18.9 Å².